The molecule has 0 amide bonds. The zero-order chi connectivity index (χ0) is 12.3. The molecule has 0 saturated heterocycles. The number of nitrogens with zero attached hydrogens (tertiary/aromatic N) is 1. The number of ether oxygens (including phenoxy) is 2. The van der Waals surface area contributed by atoms with E-state index in [0.717, 1.165) is 31.8 Å². The first kappa shape index (κ1) is 13.5. The van der Waals surface area contributed by atoms with Crippen molar-refractivity contribution in [2.45, 2.75) is 25.7 Å². The lowest BCUT2D eigenvalue weighted by Crippen LogP contribution is -1.97. The lowest BCUT2D eigenvalue weighted by molar-refractivity contribution is 0.191. The molecule has 0 aliphatic carbocycles. The van der Waals surface area contributed by atoms with Gasteiger partial charge < -0.3 is 9.47 Å². The summed E-state index contributed by atoms with van der Waals surface area (Å²) in [4.78, 5) is 3.33. The van der Waals surface area contributed by atoms with Gasteiger partial charge in [-0.05, 0) is 31.4 Å². The van der Waals surface area contributed by atoms with Crippen LogP contribution in [0.15, 0.2) is 24.3 Å². The van der Waals surface area contributed by atoms with Crippen molar-refractivity contribution in [1.29, 1.82) is 0 Å². The molecule has 0 N–H and O–H groups in total. The van der Waals surface area contributed by atoms with E-state index in [-0.39, 0.29) is 0 Å². The smallest absolute Gasteiger partial charge is 0.187 e. The Morgan fingerprint density at radius 2 is 1.65 bits per heavy atom. The van der Waals surface area contributed by atoms with Gasteiger partial charge in [0.15, 0.2) is 5.69 Å². The van der Waals surface area contributed by atoms with Gasteiger partial charge in [-0.25, -0.2) is 4.85 Å². The van der Waals surface area contributed by atoms with Crippen molar-refractivity contribution >= 4 is 5.69 Å². The standard InChI is InChI=1S/C14H19NO2/c1-15-13-7-9-14(10-8-13)17-12-6-4-3-5-11-16-2/h7-10H,3-6,11-12H2,2H3. The molecular weight excluding hydrogens is 214 g/mol. The van der Waals surface area contributed by atoms with E-state index >= 15 is 0 Å². The van der Waals surface area contributed by atoms with Crippen LogP contribution in [0.25, 0.3) is 4.85 Å². The number of rotatable bonds is 8. The highest BCUT2D eigenvalue weighted by atomic mass is 16.5. The fourth-order valence-corrected chi connectivity index (χ4v) is 1.51. The summed E-state index contributed by atoms with van der Waals surface area (Å²) in [5.74, 6) is 0.842. The van der Waals surface area contributed by atoms with Crippen molar-refractivity contribution in [2.75, 3.05) is 20.3 Å². The zero-order valence-corrected chi connectivity index (χ0v) is 10.3. The van der Waals surface area contributed by atoms with Crippen LogP contribution in [0.5, 0.6) is 5.75 Å². The van der Waals surface area contributed by atoms with Crippen LogP contribution < -0.4 is 4.74 Å². The van der Waals surface area contributed by atoms with Crippen LogP contribution >= 0.6 is 0 Å². The number of methoxy groups -OCH3 is 1. The molecule has 0 heterocycles. The van der Waals surface area contributed by atoms with E-state index in [4.69, 9.17) is 16.0 Å². The Balaban J connectivity index is 2.08. The van der Waals surface area contributed by atoms with Crippen molar-refractivity contribution in [2.24, 2.45) is 0 Å². The maximum atomic E-state index is 6.84. The van der Waals surface area contributed by atoms with E-state index in [1.54, 1.807) is 19.2 Å². The third-order valence-corrected chi connectivity index (χ3v) is 2.48. The number of hydrogen-bond acceptors (Lipinski definition) is 2. The minimum atomic E-state index is 0.650. The van der Waals surface area contributed by atoms with Crippen molar-refractivity contribution in [3.63, 3.8) is 0 Å². The van der Waals surface area contributed by atoms with E-state index < -0.39 is 0 Å². The summed E-state index contributed by atoms with van der Waals surface area (Å²) in [5, 5.41) is 0. The fraction of sp³-hybridized carbons (Fsp3) is 0.500. The van der Waals surface area contributed by atoms with Gasteiger partial charge in [0, 0.05) is 13.7 Å². The van der Waals surface area contributed by atoms with E-state index in [1.165, 1.54) is 12.8 Å². The Labute approximate surface area is 103 Å². The second-order valence-electron chi connectivity index (χ2n) is 3.86. The number of hydrogen-bond donors (Lipinski definition) is 0. The number of unbranched alkanes of at least 4 members (excludes halogenated alkanes) is 3. The van der Waals surface area contributed by atoms with E-state index in [0.29, 0.717) is 5.69 Å². The highest BCUT2D eigenvalue weighted by Gasteiger charge is 1.95. The molecule has 0 unspecified atom stereocenters. The van der Waals surface area contributed by atoms with Gasteiger partial charge in [0.2, 0.25) is 0 Å². The summed E-state index contributed by atoms with van der Waals surface area (Å²) in [5.41, 5.74) is 0.650. The third-order valence-electron chi connectivity index (χ3n) is 2.48. The van der Waals surface area contributed by atoms with Gasteiger partial charge in [-0.1, -0.05) is 18.6 Å². The normalized spacial score (nSPS) is 9.88. The Bertz CT molecular complexity index is 340. The predicted octanol–water partition coefficient (Wildman–Crippen LogP) is 3.82. The quantitative estimate of drug-likeness (QED) is 0.503. The van der Waals surface area contributed by atoms with Gasteiger partial charge >= 0.3 is 0 Å². The summed E-state index contributed by atoms with van der Waals surface area (Å²) in [6.45, 7) is 8.42. The van der Waals surface area contributed by atoms with Crippen LogP contribution in [0.3, 0.4) is 0 Å². The number of benzene rings is 1. The molecular formula is C14H19NO2. The SMILES string of the molecule is [C-]#[N+]c1ccc(OCCCCCCOC)cc1. The lowest BCUT2D eigenvalue weighted by atomic mass is 10.2. The van der Waals surface area contributed by atoms with E-state index in [2.05, 4.69) is 4.85 Å². The average molecular weight is 233 g/mol. The molecule has 0 aliphatic rings. The molecule has 0 spiro atoms. The minimum absolute atomic E-state index is 0.650. The largest absolute Gasteiger partial charge is 0.494 e. The van der Waals surface area contributed by atoms with Crippen LogP contribution in [-0.4, -0.2) is 20.3 Å². The topological polar surface area (TPSA) is 22.8 Å². The molecule has 0 saturated carbocycles. The molecule has 0 bridgehead atoms. The highest BCUT2D eigenvalue weighted by Crippen LogP contribution is 2.18. The van der Waals surface area contributed by atoms with Gasteiger partial charge in [0.25, 0.3) is 0 Å². The Morgan fingerprint density at radius 1 is 1.00 bits per heavy atom. The van der Waals surface area contributed by atoms with Gasteiger partial charge in [0.05, 0.1) is 13.2 Å². The molecule has 0 aromatic heterocycles. The monoisotopic (exact) mass is 233 g/mol. The van der Waals surface area contributed by atoms with Crippen LogP contribution in [0.4, 0.5) is 5.69 Å². The van der Waals surface area contributed by atoms with Crippen molar-refractivity contribution in [3.05, 3.63) is 35.7 Å². The first-order valence-electron chi connectivity index (χ1n) is 5.96. The van der Waals surface area contributed by atoms with Crippen LogP contribution in [0.2, 0.25) is 0 Å². The Hall–Kier alpha value is -1.53. The van der Waals surface area contributed by atoms with Crippen LogP contribution in [-0.2, 0) is 4.74 Å². The molecule has 3 heteroatoms. The Morgan fingerprint density at radius 3 is 2.24 bits per heavy atom. The fourth-order valence-electron chi connectivity index (χ4n) is 1.51. The molecule has 0 atom stereocenters. The van der Waals surface area contributed by atoms with E-state index in [1.807, 2.05) is 12.1 Å². The second-order valence-corrected chi connectivity index (χ2v) is 3.86. The van der Waals surface area contributed by atoms with Crippen molar-refractivity contribution in [1.82, 2.24) is 0 Å². The van der Waals surface area contributed by atoms with E-state index in [9.17, 15) is 0 Å². The molecule has 0 aliphatic heterocycles. The molecule has 92 valence electrons. The van der Waals surface area contributed by atoms with Crippen LogP contribution in [0.1, 0.15) is 25.7 Å². The van der Waals surface area contributed by atoms with Crippen LogP contribution in [0, 0.1) is 6.57 Å². The highest BCUT2D eigenvalue weighted by molar-refractivity contribution is 5.46. The molecule has 17 heavy (non-hydrogen) atoms. The maximum Gasteiger partial charge on any atom is 0.187 e. The van der Waals surface area contributed by atoms with Gasteiger partial charge in [-0.2, -0.15) is 0 Å². The molecule has 0 fully saturated rings. The molecule has 3 nitrogen and oxygen atoms in total. The first-order valence-corrected chi connectivity index (χ1v) is 5.96. The molecule has 1 aromatic carbocycles. The predicted molar refractivity (Wildman–Crippen MR) is 68.5 cm³/mol. The zero-order valence-electron chi connectivity index (χ0n) is 10.3. The van der Waals surface area contributed by atoms with Gasteiger partial charge in [-0.3, -0.25) is 0 Å². The Kier molecular flexibility index (Phi) is 6.85. The second kappa shape index (κ2) is 8.60. The lowest BCUT2D eigenvalue weighted by Gasteiger charge is -2.05. The molecule has 1 aromatic rings. The maximum absolute atomic E-state index is 6.84. The molecule has 1 rings (SSSR count). The summed E-state index contributed by atoms with van der Waals surface area (Å²) in [6, 6.07) is 7.25. The summed E-state index contributed by atoms with van der Waals surface area (Å²) in [7, 11) is 1.73. The first-order chi connectivity index (χ1) is 8.36. The summed E-state index contributed by atoms with van der Waals surface area (Å²) >= 11 is 0. The van der Waals surface area contributed by atoms with Crippen molar-refractivity contribution < 1.29 is 9.47 Å². The third kappa shape index (κ3) is 5.94. The summed E-state index contributed by atoms with van der Waals surface area (Å²) in [6.07, 6.45) is 4.54. The minimum Gasteiger partial charge on any atom is -0.494 e. The van der Waals surface area contributed by atoms with Gasteiger partial charge in [-0.15, -0.1) is 0 Å². The van der Waals surface area contributed by atoms with Crippen molar-refractivity contribution in [3.8, 4) is 5.75 Å². The summed E-state index contributed by atoms with van der Waals surface area (Å²) < 4.78 is 10.6. The average Bonchev–Trinajstić information content (AvgIpc) is 2.38. The molecule has 0 radical (unpaired) electrons. The van der Waals surface area contributed by atoms with Gasteiger partial charge in [0.1, 0.15) is 5.75 Å².